The minimum Gasteiger partial charge on any atom is -0.375 e. The molecule has 1 atom stereocenters. The summed E-state index contributed by atoms with van der Waals surface area (Å²) in [5, 5.41) is 2.71. The van der Waals surface area contributed by atoms with Crippen LogP contribution in [0.4, 0.5) is 0 Å². The molecule has 0 amide bonds. The number of fused-ring (bicyclic) bond motifs is 1. The highest BCUT2D eigenvalue weighted by Crippen LogP contribution is 2.22. The van der Waals surface area contributed by atoms with E-state index in [0.717, 1.165) is 39.3 Å². The Bertz CT molecular complexity index is 851. The van der Waals surface area contributed by atoms with Crippen LogP contribution in [0, 0.1) is 0 Å². The number of methoxy groups -OCH3 is 1. The van der Waals surface area contributed by atoms with Gasteiger partial charge in [0, 0.05) is 46.4 Å². The first-order valence-electron chi connectivity index (χ1n) is 9.82. The number of hydrogen-bond donors (Lipinski definition) is 0. The summed E-state index contributed by atoms with van der Waals surface area (Å²) < 4.78 is 5.75. The summed E-state index contributed by atoms with van der Waals surface area (Å²) in [4.78, 5) is 5.10. The third-order valence-electron chi connectivity index (χ3n) is 5.62. The van der Waals surface area contributed by atoms with Gasteiger partial charge in [-0.3, -0.25) is 9.80 Å². The average Bonchev–Trinajstić information content (AvgIpc) is 2.74. The lowest BCUT2D eigenvalue weighted by Crippen LogP contribution is -2.47. The molecule has 3 aromatic rings. The maximum atomic E-state index is 5.75. The molecule has 140 valence electrons. The number of benzene rings is 3. The lowest BCUT2D eigenvalue weighted by atomic mass is 10.0. The molecule has 0 bridgehead atoms. The van der Waals surface area contributed by atoms with Gasteiger partial charge in [-0.15, -0.1) is 0 Å². The van der Waals surface area contributed by atoms with Gasteiger partial charge in [-0.25, -0.2) is 0 Å². The van der Waals surface area contributed by atoms with E-state index in [0.29, 0.717) is 0 Å². The first kappa shape index (κ1) is 18.2. The molecule has 27 heavy (non-hydrogen) atoms. The molecule has 1 heterocycles. The summed E-state index contributed by atoms with van der Waals surface area (Å²) in [6, 6.07) is 25.9. The molecule has 1 aliphatic heterocycles. The predicted octanol–water partition coefficient (Wildman–Crippen LogP) is 4.35. The maximum Gasteiger partial charge on any atom is 0.0947 e. The van der Waals surface area contributed by atoms with Crippen LogP contribution in [0.1, 0.15) is 17.2 Å². The Morgan fingerprint density at radius 2 is 1.44 bits per heavy atom. The Balaban J connectivity index is 1.35. The van der Waals surface area contributed by atoms with Crippen molar-refractivity contribution < 1.29 is 4.74 Å². The van der Waals surface area contributed by atoms with E-state index in [9.17, 15) is 0 Å². The van der Waals surface area contributed by atoms with Gasteiger partial charge in [-0.1, -0.05) is 72.8 Å². The molecule has 0 aliphatic carbocycles. The van der Waals surface area contributed by atoms with Crippen LogP contribution in [0.5, 0.6) is 0 Å². The highest BCUT2D eigenvalue weighted by Gasteiger charge is 2.21. The van der Waals surface area contributed by atoms with Crippen LogP contribution in [-0.2, 0) is 11.3 Å². The Kier molecular flexibility index (Phi) is 5.83. The van der Waals surface area contributed by atoms with Crippen molar-refractivity contribution in [2.24, 2.45) is 0 Å². The first-order valence-corrected chi connectivity index (χ1v) is 9.82. The van der Waals surface area contributed by atoms with Crippen LogP contribution in [0.3, 0.4) is 0 Å². The summed E-state index contributed by atoms with van der Waals surface area (Å²) in [6.45, 7) is 6.39. The van der Waals surface area contributed by atoms with Gasteiger partial charge in [-0.05, 0) is 21.9 Å². The molecule has 0 saturated carbocycles. The Morgan fingerprint density at radius 3 is 2.22 bits per heavy atom. The molecule has 3 heteroatoms. The second kappa shape index (κ2) is 8.66. The lowest BCUT2D eigenvalue weighted by Gasteiger charge is -2.36. The molecule has 0 N–H and O–H groups in total. The normalized spacial score (nSPS) is 17.2. The van der Waals surface area contributed by atoms with Gasteiger partial charge in [0.1, 0.15) is 0 Å². The van der Waals surface area contributed by atoms with Gasteiger partial charge in [0.05, 0.1) is 6.10 Å². The molecule has 1 unspecified atom stereocenters. The third-order valence-corrected chi connectivity index (χ3v) is 5.62. The third kappa shape index (κ3) is 4.38. The van der Waals surface area contributed by atoms with Crippen LogP contribution < -0.4 is 0 Å². The lowest BCUT2D eigenvalue weighted by molar-refractivity contribution is 0.0406. The van der Waals surface area contributed by atoms with E-state index in [4.69, 9.17) is 4.74 Å². The van der Waals surface area contributed by atoms with E-state index in [1.165, 1.54) is 21.9 Å². The van der Waals surface area contributed by atoms with Gasteiger partial charge in [0.2, 0.25) is 0 Å². The fraction of sp³-hybridized carbons (Fsp3) is 0.333. The van der Waals surface area contributed by atoms with Crippen LogP contribution in [0.15, 0.2) is 72.8 Å². The summed E-state index contributed by atoms with van der Waals surface area (Å²) in [6.07, 6.45) is 0.149. The molecule has 0 aromatic heterocycles. The van der Waals surface area contributed by atoms with E-state index in [1.54, 1.807) is 0 Å². The van der Waals surface area contributed by atoms with E-state index in [2.05, 4.69) is 82.6 Å². The Labute approximate surface area is 162 Å². The largest absolute Gasteiger partial charge is 0.375 e. The van der Waals surface area contributed by atoms with Gasteiger partial charge in [0.15, 0.2) is 0 Å². The number of piperazine rings is 1. The topological polar surface area (TPSA) is 15.7 Å². The zero-order valence-corrected chi connectivity index (χ0v) is 16.1. The zero-order valence-electron chi connectivity index (χ0n) is 16.1. The summed E-state index contributed by atoms with van der Waals surface area (Å²) in [7, 11) is 1.81. The molecule has 3 aromatic carbocycles. The monoisotopic (exact) mass is 360 g/mol. The van der Waals surface area contributed by atoms with Gasteiger partial charge in [-0.2, -0.15) is 0 Å². The molecule has 1 fully saturated rings. The van der Waals surface area contributed by atoms with Crippen molar-refractivity contribution in [1.29, 1.82) is 0 Å². The fourth-order valence-electron chi connectivity index (χ4n) is 4.02. The molecule has 1 saturated heterocycles. The Hall–Kier alpha value is -2.20. The molecular weight excluding hydrogens is 332 g/mol. The van der Waals surface area contributed by atoms with Crippen molar-refractivity contribution >= 4 is 10.8 Å². The summed E-state index contributed by atoms with van der Waals surface area (Å²) in [5.41, 5.74) is 2.69. The number of hydrogen-bond acceptors (Lipinski definition) is 3. The van der Waals surface area contributed by atoms with Gasteiger partial charge >= 0.3 is 0 Å². The van der Waals surface area contributed by atoms with Crippen molar-refractivity contribution in [2.75, 3.05) is 39.8 Å². The fourth-order valence-corrected chi connectivity index (χ4v) is 4.02. The molecule has 1 aliphatic rings. The molecule has 3 nitrogen and oxygen atoms in total. The molecule has 0 spiro atoms. The summed E-state index contributed by atoms with van der Waals surface area (Å²) >= 11 is 0. The predicted molar refractivity (Wildman–Crippen MR) is 112 cm³/mol. The maximum absolute atomic E-state index is 5.75. The van der Waals surface area contributed by atoms with Gasteiger partial charge < -0.3 is 4.74 Å². The van der Waals surface area contributed by atoms with E-state index < -0.39 is 0 Å². The SMILES string of the molecule is COC(CN1CCN(Cc2cccc3ccccc23)CC1)c1ccccc1. The average molecular weight is 361 g/mol. The highest BCUT2D eigenvalue weighted by atomic mass is 16.5. The highest BCUT2D eigenvalue weighted by molar-refractivity contribution is 5.85. The van der Waals surface area contributed by atoms with Crippen molar-refractivity contribution in [3.05, 3.63) is 83.9 Å². The van der Waals surface area contributed by atoms with Crippen LogP contribution in [-0.4, -0.2) is 49.6 Å². The van der Waals surface area contributed by atoms with Crippen LogP contribution in [0.25, 0.3) is 10.8 Å². The standard InChI is InChI=1S/C24H28N2O/c1-27-24(21-9-3-2-4-10-21)19-26-16-14-25(15-17-26)18-22-12-7-11-20-8-5-6-13-23(20)22/h2-13,24H,14-19H2,1H3. The van der Waals surface area contributed by atoms with Crippen molar-refractivity contribution in [3.8, 4) is 0 Å². The quantitative estimate of drug-likeness (QED) is 0.650. The number of nitrogens with zero attached hydrogens (tertiary/aromatic N) is 2. The van der Waals surface area contributed by atoms with Crippen LogP contribution >= 0.6 is 0 Å². The van der Waals surface area contributed by atoms with Crippen molar-refractivity contribution in [1.82, 2.24) is 9.80 Å². The zero-order chi connectivity index (χ0) is 18.5. The van der Waals surface area contributed by atoms with Crippen molar-refractivity contribution in [3.63, 3.8) is 0 Å². The van der Waals surface area contributed by atoms with E-state index in [1.807, 2.05) is 7.11 Å². The number of rotatable bonds is 6. The summed E-state index contributed by atoms with van der Waals surface area (Å²) in [5.74, 6) is 0. The first-order chi connectivity index (χ1) is 13.3. The second-order valence-corrected chi connectivity index (χ2v) is 7.35. The molecular formula is C24H28N2O. The minimum atomic E-state index is 0.149. The Morgan fingerprint density at radius 1 is 0.778 bits per heavy atom. The smallest absolute Gasteiger partial charge is 0.0947 e. The van der Waals surface area contributed by atoms with E-state index >= 15 is 0 Å². The van der Waals surface area contributed by atoms with Crippen LogP contribution in [0.2, 0.25) is 0 Å². The minimum absolute atomic E-state index is 0.149. The van der Waals surface area contributed by atoms with Crippen molar-refractivity contribution in [2.45, 2.75) is 12.6 Å². The molecule has 0 radical (unpaired) electrons. The second-order valence-electron chi connectivity index (χ2n) is 7.35. The van der Waals surface area contributed by atoms with Gasteiger partial charge in [0.25, 0.3) is 0 Å². The van der Waals surface area contributed by atoms with E-state index in [-0.39, 0.29) is 6.10 Å². The number of ether oxygens (including phenoxy) is 1. The molecule has 4 rings (SSSR count).